The second-order valence-corrected chi connectivity index (χ2v) is 10.1. The van der Waals surface area contributed by atoms with E-state index in [1.165, 1.54) is 12.3 Å². The van der Waals surface area contributed by atoms with Crippen molar-refractivity contribution >= 4 is 93.2 Å². The fourth-order valence-electron chi connectivity index (χ4n) is 2.70. The highest BCUT2D eigenvalue weighted by atomic mass is 79.9. The molecule has 1 aromatic heterocycles. The Balaban J connectivity index is 2.00. The summed E-state index contributed by atoms with van der Waals surface area (Å²) in [6.45, 7) is 3.40. The van der Waals surface area contributed by atoms with Crippen LogP contribution >= 0.6 is 59.4 Å². The number of anilines is 2. The fourth-order valence-corrected chi connectivity index (χ4v) is 4.43. The van der Waals surface area contributed by atoms with Crippen LogP contribution in [0.2, 0.25) is 5.02 Å². The zero-order valence-electron chi connectivity index (χ0n) is 16.7. The van der Waals surface area contributed by atoms with Crippen LogP contribution in [-0.2, 0) is 9.59 Å². The Morgan fingerprint density at radius 1 is 1.28 bits per heavy atom. The van der Waals surface area contributed by atoms with Gasteiger partial charge in [-0.05, 0) is 76.0 Å². The number of hydrogen-bond donors (Lipinski definition) is 4. The van der Waals surface area contributed by atoms with Gasteiger partial charge in [-0.2, -0.15) is 0 Å². The lowest BCUT2D eigenvalue weighted by Crippen LogP contribution is -2.35. The second-order valence-electron chi connectivity index (χ2n) is 7.10. The van der Waals surface area contributed by atoms with Crippen molar-refractivity contribution < 1.29 is 9.59 Å². The Kier molecular flexibility index (Phi) is 7.53. The van der Waals surface area contributed by atoms with Gasteiger partial charge in [0.25, 0.3) is 11.8 Å². The van der Waals surface area contributed by atoms with Gasteiger partial charge in [-0.25, -0.2) is 4.98 Å². The molecule has 1 aliphatic heterocycles. The predicted molar refractivity (Wildman–Crippen MR) is 137 cm³/mol. The first kappa shape index (κ1) is 24.6. The van der Waals surface area contributed by atoms with Crippen molar-refractivity contribution in [2.24, 2.45) is 4.99 Å². The number of hydrogen-bond acceptors (Lipinski definition) is 6. The molecule has 2 amide bonds. The summed E-state index contributed by atoms with van der Waals surface area (Å²) in [4.78, 5) is 34.0. The van der Waals surface area contributed by atoms with E-state index in [1.807, 2.05) is 0 Å². The van der Waals surface area contributed by atoms with E-state index in [9.17, 15) is 9.59 Å². The first-order chi connectivity index (χ1) is 15.0. The number of carbonyl (C=O) groups is 2. The molecule has 0 radical (unpaired) electrons. The van der Waals surface area contributed by atoms with E-state index in [4.69, 9.17) is 17.0 Å². The molecule has 0 unspecified atom stereocenters. The summed E-state index contributed by atoms with van der Waals surface area (Å²) in [5.41, 5.74) is -0.0248. The monoisotopic (exact) mass is 644 g/mol. The molecule has 2 heterocycles. The number of nitrogens with zero attached hydrogens (tertiary/aromatic N) is 2. The third-order valence-electron chi connectivity index (χ3n) is 4.25. The van der Waals surface area contributed by atoms with Gasteiger partial charge in [-0.15, -0.1) is 0 Å². The van der Waals surface area contributed by atoms with E-state index in [0.29, 0.717) is 26.6 Å². The summed E-state index contributed by atoms with van der Waals surface area (Å²) in [5.74, 6) is -0.226. The summed E-state index contributed by atoms with van der Waals surface area (Å²) < 4.78 is 1.24. The van der Waals surface area contributed by atoms with Gasteiger partial charge in [0.2, 0.25) is 0 Å². The zero-order valence-corrected chi connectivity index (χ0v) is 22.2. The van der Waals surface area contributed by atoms with Crippen LogP contribution in [0.5, 0.6) is 0 Å². The number of allylic oxidation sites excluding steroid dienone is 1. The van der Waals surface area contributed by atoms with Gasteiger partial charge in [-0.3, -0.25) is 20.0 Å². The average molecular weight is 648 g/mol. The largest absolute Gasteiger partial charge is 0.334 e. The van der Waals surface area contributed by atoms with Crippen LogP contribution < -0.4 is 16.0 Å². The summed E-state index contributed by atoms with van der Waals surface area (Å²) >= 11 is 16.1. The topological polar surface area (TPSA) is 119 Å². The SMILES string of the molecule is CC1(C)N=C(c2cc(Br)cc(Br)c2NC(=O)/C(=C/C(=N)Br)Nc2ncccc2Cl)NC1=O. The van der Waals surface area contributed by atoms with Crippen molar-refractivity contribution in [2.75, 3.05) is 10.6 Å². The predicted octanol–water partition coefficient (Wildman–Crippen LogP) is 5.22. The zero-order chi connectivity index (χ0) is 23.6. The number of aliphatic imine (C=N–C) groups is 1. The van der Waals surface area contributed by atoms with Crippen LogP contribution in [0.25, 0.3) is 0 Å². The van der Waals surface area contributed by atoms with Gasteiger partial charge in [-0.1, -0.05) is 27.5 Å². The maximum absolute atomic E-state index is 13.2. The van der Waals surface area contributed by atoms with E-state index < -0.39 is 11.4 Å². The molecule has 0 bridgehead atoms. The smallest absolute Gasteiger partial charge is 0.272 e. The van der Waals surface area contributed by atoms with Crippen molar-refractivity contribution in [2.45, 2.75) is 19.4 Å². The maximum atomic E-state index is 13.2. The number of halogens is 4. The Bertz CT molecular complexity index is 1200. The number of aromatic nitrogens is 1. The summed E-state index contributed by atoms with van der Waals surface area (Å²) in [5, 5.41) is 16.4. The molecule has 1 aromatic carbocycles. The van der Waals surface area contributed by atoms with E-state index in [-0.39, 0.29) is 22.0 Å². The molecule has 0 saturated heterocycles. The Labute approximate surface area is 214 Å². The minimum atomic E-state index is -0.932. The lowest BCUT2D eigenvalue weighted by atomic mass is 10.1. The molecule has 2 aromatic rings. The van der Waals surface area contributed by atoms with Crippen LogP contribution in [0.1, 0.15) is 19.4 Å². The number of amidine groups is 1. The lowest BCUT2D eigenvalue weighted by molar-refractivity contribution is -0.122. The van der Waals surface area contributed by atoms with E-state index in [0.717, 1.165) is 4.47 Å². The molecule has 8 nitrogen and oxygen atoms in total. The van der Waals surface area contributed by atoms with Gasteiger partial charge in [0.05, 0.1) is 15.3 Å². The second kappa shape index (κ2) is 9.82. The highest BCUT2D eigenvalue weighted by Crippen LogP contribution is 2.33. The third kappa shape index (κ3) is 5.64. The van der Waals surface area contributed by atoms with E-state index in [1.54, 1.807) is 38.1 Å². The molecule has 0 spiro atoms. The average Bonchev–Trinajstić information content (AvgIpc) is 2.97. The standard InChI is InChI=1S/C20H16Br3ClN6O2/c1-20(2)19(32)29-16(30-20)10-6-9(21)7-11(22)15(10)28-18(31)13(8-14(23)25)27-17-12(24)4-3-5-26-17/h3-8,25H,1-2H3,(H,26,27)(H,28,31)(H,29,30,32)/b13-8-,25-14?. The highest BCUT2D eigenvalue weighted by Gasteiger charge is 2.35. The van der Waals surface area contributed by atoms with Crippen LogP contribution in [-0.4, -0.2) is 32.8 Å². The number of amides is 2. The molecule has 12 heteroatoms. The minimum absolute atomic E-state index is 0.0194. The molecule has 0 aliphatic carbocycles. The Hall–Kier alpha value is -2.08. The van der Waals surface area contributed by atoms with Crippen molar-refractivity contribution in [1.82, 2.24) is 10.3 Å². The highest BCUT2D eigenvalue weighted by molar-refractivity contribution is 9.18. The summed E-state index contributed by atoms with van der Waals surface area (Å²) in [6.07, 6.45) is 2.81. The summed E-state index contributed by atoms with van der Waals surface area (Å²) in [7, 11) is 0. The first-order valence-electron chi connectivity index (χ1n) is 9.03. The molecular weight excluding hydrogens is 631 g/mol. The van der Waals surface area contributed by atoms with Crippen molar-refractivity contribution in [3.05, 3.63) is 61.8 Å². The van der Waals surface area contributed by atoms with E-state index in [2.05, 4.69) is 73.7 Å². The van der Waals surface area contributed by atoms with Crippen molar-refractivity contribution in [1.29, 1.82) is 5.41 Å². The lowest BCUT2D eigenvalue weighted by Gasteiger charge is -2.16. The Morgan fingerprint density at radius 2 is 2.00 bits per heavy atom. The number of nitrogens with one attached hydrogen (secondary N) is 4. The number of benzene rings is 1. The van der Waals surface area contributed by atoms with Gasteiger partial charge in [0.15, 0.2) is 0 Å². The fraction of sp³-hybridized carbons (Fsp3) is 0.150. The van der Waals surface area contributed by atoms with Gasteiger partial charge in [0, 0.05) is 20.7 Å². The minimum Gasteiger partial charge on any atom is -0.334 e. The van der Waals surface area contributed by atoms with Crippen molar-refractivity contribution in [3.63, 3.8) is 0 Å². The van der Waals surface area contributed by atoms with Gasteiger partial charge >= 0.3 is 0 Å². The molecule has 4 N–H and O–H groups in total. The molecule has 166 valence electrons. The third-order valence-corrected chi connectivity index (χ3v) is 5.87. The molecule has 32 heavy (non-hydrogen) atoms. The van der Waals surface area contributed by atoms with Crippen LogP contribution in [0.3, 0.4) is 0 Å². The number of carbonyl (C=O) groups excluding carboxylic acids is 2. The normalized spacial score (nSPS) is 15.1. The number of pyridine rings is 1. The Morgan fingerprint density at radius 3 is 2.59 bits per heavy atom. The number of rotatable bonds is 6. The summed E-state index contributed by atoms with van der Waals surface area (Å²) in [6, 6.07) is 6.77. The van der Waals surface area contributed by atoms with Crippen molar-refractivity contribution in [3.8, 4) is 0 Å². The van der Waals surface area contributed by atoms with Gasteiger partial charge in [0.1, 0.15) is 22.9 Å². The molecule has 0 saturated carbocycles. The molecule has 3 rings (SSSR count). The first-order valence-corrected chi connectivity index (χ1v) is 11.8. The van der Waals surface area contributed by atoms with Crippen LogP contribution in [0.4, 0.5) is 11.5 Å². The van der Waals surface area contributed by atoms with E-state index >= 15 is 0 Å². The molecule has 0 atom stereocenters. The van der Waals surface area contributed by atoms with Gasteiger partial charge < -0.3 is 16.0 Å². The molecular formula is C20H16Br3ClN6O2. The van der Waals surface area contributed by atoms with Crippen LogP contribution in [0.15, 0.2) is 56.2 Å². The molecule has 0 fully saturated rings. The quantitative estimate of drug-likeness (QED) is 0.254. The van der Waals surface area contributed by atoms with Crippen LogP contribution in [0, 0.1) is 5.41 Å². The maximum Gasteiger partial charge on any atom is 0.272 e. The molecule has 1 aliphatic rings.